The summed E-state index contributed by atoms with van der Waals surface area (Å²) in [6.45, 7) is 3.36. The molecule has 5 heteroatoms. The van der Waals surface area contributed by atoms with Crippen LogP contribution >= 0.6 is 0 Å². The van der Waals surface area contributed by atoms with E-state index >= 15 is 0 Å². The van der Waals surface area contributed by atoms with Gasteiger partial charge in [0.25, 0.3) is 0 Å². The zero-order valence-corrected chi connectivity index (χ0v) is 7.42. The molecule has 0 amide bonds. The van der Waals surface area contributed by atoms with Gasteiger partial charge in [-0.2, -0.15) is 0 Å². The van der Waals surface area contributed by atoms with Gasteiger partial charge in [0.1, 0.15) is 0 Å². The van der Waals surface area contributed by atoms with Crippen LogP contribution in [0.2, 0.25) is 0 Å². The highest BCUT2D eigenvalue weighted by Gasteiger charge is 2.43. The first-order valence-electron chi connectivity index (χ1n) is 2.69. The van der Waals surface area contributed by atoms with Crippen LogP contribution in [-0.4, -0.2) is 30.4 Å². The smallest absolute Gasteiger partial charge is 0.487 e. The van der Waals surface area contributed by atoms with Crippen molar-refractivity contribution in [2.45, 2.75) is 0 Å². The Balaban J connectivity index is 4.00. The first-order valence-corrected chi connectivity index (χ1v) is 4.32. The lowest BCUT2D eigenvalue weighted by molar-refractivity contribution is 0.0352. The molecular formula is C5H12O4Si. The van der Waals surface area contributed by atoms with Crippen LogP contribution in [0.4, 0.5) is 0 Å². The molecular weight excluding hydrogens is 152 g/mol. The average Bonchev–Trinajstić information content (AvgIpc) is 2.01. The van der Waals surface area contributed by atoms with Crippen LogP contribution in [0.25, 0.3) is 0 Å². The van der Waals surface area contributed by atoms with Crippen molar-refractivity contribution in [1.29, 1.82) is 0 Å². The molecule has 0 aromatic heterocycles. The molecule has 0 aromatic rings. The minimum atomic E-state index is -2.84. The van der Waals surface area contributed by atoms with Gasteiger partial charge in [0.05, 0.1) is 6.26 Å². The second kappa shape index (κ2) is 4.45. The molecule has 0 fully saturated rings. The summed E-state index contributed by atoms with van der Waals surface area (Å²) in [6.07, 6.45) is 1.24. The van der Waals surface area contributed by atoms with Gasteiger partial charge in [-0.25, -0.2) is 0 Å². The molecule has 0 saturated carbocycles. The summed E-state index contributed by atoms with van der Waals surface area (Å²) in [5.74, 6) is 0. The number of hydrogen-bond acceptors (Lipinski definition) is 4. The fraction of sp³-hybridized carbons (Fsp3) is 0.600. The molecule has 0 bridgehead atoms. The van der Waals surface area contributed by atoms with E-state index in [1.165, 1.54) is 27.6 Å². The van der Waals surface area contributed by atoms with Crippen molar-refractivity contribution >= 4 is 9.05 Å². The van der Waals surface area contributed by atoms with Crippen LogP contribution < -0.4 is 0 Å². The maximum absolute atomic E-state index is 4.91. The molecule has 0 unspecified atom stereocenters. The van der Waals surface area contributed by atoms with Crippen molar-refractivity contribution in [1.82, 2.24) is 0 Å². The molecule has 0 aromatic carbocycles. The van der Waals surface area contributed by atoms with Gasteiger partial charge in [-0.3, -0.25) is 0 Å². The summed E-state index contributed by atoms with van der Waals surface area (Å²) in [5, 5.41) is 0. The Labute approximate surface area is 61.8 Å². The number of hydrogen-bond donors (Lipinski definition) is 0. The Hall–Kier alpha value is -0.363. The molecule has 0 atom stereocenters. The Kier molecular flexibility index (Phi) is 4.29. The van der Waals surface area contributed by atoms with E-state index in [-0.39, 0.29) is 0 Å². The summed E-state index contributed by atoms with van der Waals surface area (Å²) in [6, 6.07) is 0. The van der Waals surface area contributed by atoms with Gasteiger partial charge in [-0.1, -0.05) is 6.58 Å². The van der Waals surface area contributed by atoms with Crippen LogP contribution in [0.3, 0.4) is 0 Å². The number of rotatable bonds is 5. The highest BCUT2D eigenvalue weighted by Crippen LogP contribution is 2.06. The van der Waals surface area contributed by atoms with Gasteiger partial charge in [0, 0.05) is 21.3 Å². The Morgan fingerprint density at radius 1 is 1.10 bits per heavy atom. The van der Waals surface area contributed by atoms with E-state index in [2.05, 4.69) is 6.58 Å². The third-order valence-corrected chi connectivity index (χ3v) is 2.93. The van der Waals surface area contributed by atoms with Crippen molar-refractivity contribution in [3.05, 3.63) is 12.8 Å². The van der Waals surface area contributed by atoms with Gasteiger partial charge >= 0.3 is 9.05 Å². The van der Waals surface area contributed by atoms with Crippen LogP contribution in [0.5, 0.6) is 0 Å². The summed E-state index contributed by atoms with van der Waals surface area (Å²) < 4.78 is 19.5. The molecule has 0 radical (unpaired) electrons. The normalized spacial score (nSPS) is 11.1. The largest absolute Gasteiger partial charge is 0.748 e. The second-order valence-electron chi connectivity index (χ2n) is 1.40. The van der Waals surface area contributed by atoms with E-state index in [1.54, 1.807) is 0 Å². The van der Waals surface area contributed by atoms with Gasteiger partial charge in [0.2, 0.25) is 0 Å². The van der Waals surface area contributed by atoms with E-state index in [9.17, 15) is 0 Å². The summed E-state index contributed by atoms with van der Waals surface area (Å²) >= 11 is 0. The SMILES string of the molecule is C=CO[Si](OC)(OC)OC. The van der Waals surface area contributed by atoms with Crippen LogP contribution in [0.1, 0.15) is 0 Å². The Morgan fingerprint density at radius 2 is 1.50 bits per heavy atom. The molecule has 0 rings (SSSR count). The zero-order valence-electron chi connectivity index (χ0n) is 6.42. The molecule has 0 saturated heterocycles. The Morgan fingerprint density at radius 3 is 1.60 bits per heavy atom. The van der Waals surface area contributed by atoms with Crippen molar-refractivity contribution in [2.24, 2.45) is 0 Å². The zero-order chi connectivity index (χ0) is 8.04. The quantitative estimate of drug-likeness (QED) is 0.438. The first kappa shape index (κ1) is 9.64. The lowest BCUT2D eigenvalue weighted by Crippen LogP contribution is -2.44. The van der Waals surface area contributed by atoms with E-state index in [0.29, 0.717) is 0 Å². The van der Waals surface area contributed by atoms with Crippen LogP contribution in [0, 0.1) is 0 Å². The lowest BCUT2D eigenvalue weighted by atomic mass is 11.2. The first-order chi connectivity index (χ1) is 4.74. The van der Waals surface area contributed by atoms with Crippen LogP contribution in [0.15, 0.2) is 12.8 Å². The van der Waals surface area contributed by atoms with Gasteiger partial charge in [-0.15, -0.1) is 0 Å². The molecule has 0 spiro atoms. The molecule has 60 valence electrons. The second-order valence-corrected chi connectivity index (χ2v) is 3.86. The monoisotopic (exact) mass is 164 g/mol. The molecule has 0 N–H and O–H groups in total. The van der Waals surface area contributed by atoms with Gasteiger partial charge < -0.3 is 17.7 Å². The fourth-order valence-corrected chi connectivity index (χ4v) is 1.49. The predicted octanol–water partition coefficient (Wildman–Crippen LogP) is 0.521. The molecule has 4 nitrogen and oxygen atoms in total. The fourth-order valence-electron chi connectivity index (χ4n) is 0.496. The van der Waals surface area contributed by atoms with Crippen molar-refractivity contribution in [2.75, 3.05) is 21.3 Å². The van der Waals surface area contributed by atoms with E-state index < -0.39 is 9.05 Å². The van der Waals surface area contributed by atoms with Crippen molar-refractivity contribution in [3.8, 4) is 0 Å². The minimum Gasteiger partial charge on any atom is -0.487 e. The average molecular weight is 164 g/mol. The standard InChI is InChI=1S/C5H12O4Si/c1-5-9-10(6-2,7-3)8-4/h5H,1H2,2-4H3. The molecule has 0 aliphatic heterocycles. The lowest BCUT2D eigenvalue weighted by Gasteiger charge is -2.20. The molecule has 0 heterocycles. The maximum Gasteiger partial charge on any atom is 0.748 e. The topological polar surface area (TPSA) is 36.9 Å². The van der Waals surface area contributed by atoms with E-state index in [4.69, 9.17) is 17.7 Å². The highest BCUT2D eigenvalue weighted by molar-refractivity contribution is 6.53. The molecule has 10 heavy (non-hydrogen) atoms. The summed E-state index contributed by atoms with van der Waals surface area (Å²) in [4.78, 5) is 0. The minimum absolute atomic E-state index is 1.24. The molecule has 0 aliphatic carbocycles. The van der Waals surface area contributed by atoms with Crippen molar-refractivity contribution in [3.63, 3.8) is 0 Å². The predicted molar refractivity (Wildman–Crippen MR) is 38.1 cm³/mol. The van der Waals surface area contributed by atoms with Crippen LogP contribution in [-0.2, 0) is 17.7 Å². The third kappa shape index (κ3) is 2.11. The van der Waals surface area contributed by atoms with E-state index in [0.717, 1.165) is 0 Å². The highest BCUT2D eigenvalue weighted by atomic mass is 28.4. The van der Waals surface area contributed by atoms with Gasteiger partial charge in [0.15, 0.2) is 0 Å². The van der Waals surface area contributed by atoms with E-state index in [1.807, 2.05) is 0 Å². The summed E-state index contributed by atoms with van der Waals surface area (Å²) in [5.41, 5.74) is 0. The maximum atomic E-state index is 4.91. The Bertz CT molecular complexity index is 93.6. The van der Waals surface area contributed by atoms with Crippen molar-refractivity contribution < 1.29 is 17.7 Å². The summed E-state index contributed by atoms with van der Waals surface area (Å²) in [7, 11) is 1.55. The van der Waals surface area contributed by atoms with Gasteiger partial charge in [-0.05, 0) is 0 Å². The third-order valence-electron chi connectivity index (χ3n) is 0.978. The molecule has 0 aliphatic rings.